The molecule has 0 spiro atoms. The Hall–Kier alpha value is -1.18. The van der Waals surface area contributed by atoms with Crippen molar-refractivity contribution in [2.24, 2.45) is 0 Å². The number of hydrogen-bond donors (Lipinski definition) is 5. The van der Waals surface area contributed by atoms with Crippen LogP contribution in [-0.2, 0) is 6.42 Å². The Labute approximate surface area is 125 Å². The van der Waals surface area contributed by atoms with Crippen LogP contribution in [0.3, 0.4) is 0 Å². The van der Waals surface area contributed by atoms with E-state index in [-0.39, 0.29) is 13.2 Å². The summed E-state index contributed by atoms with van der Waals surface area (Å²) >= 11 is 0. The van der Waals surface area contributed by atoms with Gasteiger partial charge in [-0.1, -0.05) is 19.1 Å². The van der Waals surface area contributed by atoms with Gasteiger partial charge in [0.1, 0.15) is 18.5 Å². The van der Waals surface area contributed by atoms with Gasteiger partial charge in [-0.25, -0.2) is 0 Å². The number of benzene rings is 1. The van der Waals surface area contributed by atoms with E-state index in [9.17, 15) is 5.11 Å². The number of rotatable bonds is 10. The van der Waals surface area contributed by atoms with Crippen molar-refractivity contribution >= 4 is 0 Å². The lowest BCUT2D eigenvalue weighted by atomic mass is 10.0. The van der Waals surface area contributed by atoms with Crippen molar-refractivity contribution in [1.29, 1.82) is 0 Å². The monoisotopic (exact) mass is 299 g/mol. The Balaban J connectivity index is 2.41. The molecule has 0 saturated heterocycles. The van der Waals surface area contributed by atoms with Crippen molar-refractivity contribution in [3.63, 3.8) is 0 Å². The second kappa shape index (κ2) is 8.96. The molecule has 0 aliphatic heterocycles. The molecule has 0 amide bonds. The third-order valence-corrected chi connectivity index (χ3v) is 3.37. The predicted molar refractivity (Wildman–Crippen MR) is 79.3 cm³/mol. The Morgan fingerprint density at radius 2 is 1.86 bits per heavy atom. The number of ether oxygens (including phenoxy) is 1. The zero-order valence-electron chi connectivity index (χ0n) is 12.3. The maximum atomic E-state index is 9.85. The van der Waals surface area contributed by atoms with Gasteiger partial charge in [0.05, 0.1) is 25.4 Å². The summed E-state index contributed by atoms with van der Waals surface area (Å²) in [6.07, 6.45) is 0.0900. The minimum atomic E-state index is -1.19. The van der Waals surface area contributed by atoms with Crippen molar-refractivity contribution in [1.82, 2.24) is 5.32 Å². The Kier molecular flexibility index (Phi) is 7.63. The van der Waals surface area contributed by atoms with Gasteiger partial charge in [-0.3, -0.25) is 0 Å². The normalized spacial score (nSPS) is 13.2. The summed E-state index contributed by atoms with van der Waals surface area (Å²) in [6.45, 7) is 0.953. The lowest BCUT2D eigenvalue weighted by molar-refractivity contribution is 0.0260. The highest BCUT2D eigenvalue weighted by atomic mass is 16.5. The van der Waals surface area contributed by atoms with Gasteiger partial charge in [-0.15, -0.1) is 0 Å². The first-order valence-electron chi connectivity index (χ1n) is 7.06. The first kappa shape index (κ1) is 17.9. The van der Waals surface area contributed by atoms with E-state index in [1.165, 1.54) is 0 Å². The molecule has 1 aromatic rings. The van der Waals surface area contributed by atoms with Crippen LogP contribution in [-0.4, -0.2) is 65.0 Å². The molecular formula is C15H25NO5. The molecule has 21 heavy (non-hydrogen) atoms. The third kappa shape index (κ3) is 5.61. The highest BCUT2D eigenvalue weighted by Gasteiger charge is 2.28. The number of aliphatic hydroxyl groups excluding tert-OH is 4. The largest absolute Gasteiger partial charge is 0.491 e. The molecule has 0 saturated carbocycles. The van der Waals surface area contributed by atoms with E-state index >= 15 is 0 Å². The zero-order chi connectivity index (χ0) is 15.7. The van der Waals surface area contributed by atoms with Crippen molar-refractivity contribution in [3.8, 4) is 5.75 Å². The molecular weight excluding hydrogens is 274 g/mol. The van der Waals surface area contributed by atoms with Crippen LogP contribution in [0, 0.1) is 0 Å². The van der Waals surface area contributed by atoms with Gasteiger partial charge >= 0.3 is 0 Å². The minimum absolute atomic E-state index is 0.0819. The van der Waals surface area contributed by atoms with Gasteiger partial charge in [0.15, 0.2) is 0 Å². The van der Waals surface area contributed by atoms with E-state index in [1.807, 2.05) is 24.3 Å². The quantitative estimate of drug-likeness (QED) is 0.391. The molecule has 1 atom stereocenters. The van der Waals surface area contributed by atoms with E-state index in [1.54, 1.807) is 0 Å². The van der Waals surface area contributed by atoms with Crippen molar-refractivity contribution in [2.45, 2.75) is 25.0 Å². The van der Waals surface area contributed by atoms with Gasteiger partial charge < -0.3 is 30.5 Å². The Morgan fingerprint density at radius 1 is 1.19 bits per heavy atom. The van der Waals surface area contributed by atoms with E-state index in [0.29, 0.717) is 5.75 Å². The fourth-order valence-corrected chi connectivity index (χ4v) is 1.76. The lowest BCUT2D eigenvalue weighted by Gasteiger charge is -2.29. The molecule has 6 heteroatoms. The van der Waals surface area contributed by atoms with E-state index < -0.39 is 31.5 Å². The van der Waals surface area contributed by atoms with Crippen LogP contribution in [0.1, 0.15) is 12.5 Å². The number of hydrogen-bond acceptors (Lipinski definition) is 6. The molecule has 0 aliphatic rings. The summed E-state index contributed by atoms with van der Waals surface area (Å²) < 4.78 is 5.50. The topological polar surface area (TPSA) is 102 Å². The van der Waals surface area contributed by atoms with Crippen LogP contribution < -0.4 is 10.1 Å². The average molecular weight is 299 g/mol. The lowest BCUT2D eigenvalue weighted by Crippen LogP contribution is -2.57. The summed E-state index contributed by atoms with van der Waals surface area (Å²) in [5.74, 6) is 0.686. The van der Waals surface area contributed by atoms with Crippen LogP contribution in [0.25, 0.3) is 0 Å². The standard InChI is InChI=1S/C15H25NO5/c1-2-12-4-3-5-14(6-12)21-8-13(20)7-16-15(9-17,10-18)11-19/h3-6,13,16-20H,2,7-11H2,1H3. The van der Waals surface area contributed by atoms with Crippen molar-refractivity contribution in [3.05, 3.63) is 29.8 Å². The van der Waals surface area contributed by atoms with Gasteiger partial charge in [0.25, 0.3) is 0 Å². The first-order valence-corrected chi connectivity index (χ1v) is 7.06. The number of aliphatic hydroxyl groups is 4. The zero-order valence-corrected chi connectivity index (χ0v) is 12.3. The fourth-order valence-electron chi connectivity index (χ4n) is 1.76. The maximum Gasteiger partial charge on any atom is 0.119 e. The van der Waals surface area contributed by atoms with E-state index in [4.69, 9.17) is 20.1 Å². The van der Waals surface area contributed by atoms with Gasteiger partial charge in [0.2, 0.25) is 0 Å². The molecule has 120 valence electrons. The number of β-amino-alcohol motifs (C(OH)–C–C–N with tert-alkyl or cyclic N) is 1. The Morgan fingerprint density at radius 3 is 2.43 bits per heavy atom. The number of aryl methyl sites for hydroxylation is 1. The molecule has 1 aromatic carbocycles. The molecule has 0 bridgehead atoms. The highest BCUT2D eigenvalue weighted by molar-refractivity contribution is 5.28. The summed E-state index contributed by atoms with van der Waals surface area (Å²) in [5, 5.41) is 40.1. The first-order chi connectivity index (χ1) is 10.1. The van der Waals surface area contributed by atoms with Crippen LogP contribution in [0.5, 0.6) is 5.75 Å². The van der Waals surface area contributed by atoms with Crippen LogP contribution in [0.15, 0.2) is 24.3 Å². The van der Waals surface area contributed by atoms with Crippen LogP contribution in [0.4, 0.5) is 0 Å². The third-order valence-electron chi connectivity index (χ3n) is 3.37. The molecule has 0 heterocycles. The molecule has 1 rings (SSSR count). The molecule has 0 aromatic heterocycles. The van der Waals surface area contributed by atoms with E-state index in [2.05, 4.69) is 12.2 Å². The van der Waals surface area contributed by atoms with Gasteiger partial charge in [-0.05, 0) is 24.1 Å². The van der Waals surface area contributed by atoms with Crippen LogP contribution >= 0.6 is 0 Å². The molecule has 1 unspecified atom stereocenters. The highest BCUT2D eigenvalue weighted by Crippen LogP contribution is 2.14. The van der Waals surface area contributed by atoms with Crippen molar-refractivity contribution < 1.29 is 25.2 Å². The van der Waals surface area contributed by atoms with Crippen molar-refractivity contribution in [2.75, 3.05) is 33.0 Å². The Bertz CT molecular complexity index is 401. The second-order valence-electron chi connectivity index (χ2n) is 5.10. The summed E-state index contributed by atoms with van der Waals surface area (Å²) in [7, 11) is 0. The summed E-state index contributed by atoms with van der Waals surface area (Å²) in [5.41, 5.74) is -0.0386. The molecule has 0 aliphatic carbocycles. The molecule has 6 nitrogen and oxygen atoms in total. The average Bonchev–Trinajstić information content (AvgIpc) is 2.55. The number of nitrogens with one attached hydrogen (secondary N) is 1. The maximum absolute atomic E-state index is 9.85. The van der Waals surface area contributed by atoms with E-state index in [0.717, 1.165) is 12.0 Å². The summed E-state index contributed by atoms with van der Waals surface area (Å²) in [6, 6.07) is 7.63. The van der Waals surface area contributed by atoms with Crippen LogP contribution in [0.2, 0.25) is 0 Å². The fraction of sp³-hybridized carbons (Fsp3) is 0.600. The minimum Gasteiger partial charge on any atom is -0.491 e. The van der Waals surface area contributed by atoms with Gasteiger partial charge in [0, 0.05) is 6.54 Å². The molecule has 0 radical (unpaired) electrons. The predicted octanol–water partition coefficient (Wildman–Crippen LogP) is -0.706. The van der Waals surface area contributed by atoms with Gasteiger partial charge in [-0.2, -0.15) is 0 Å². The molecule has 5 N–H and O–H groups in total. The summed E-state index contributed by atoms with van der Waals surface area (Å²) in [4.78, 5) is 0. The smallest absolute Gasteiger partial charge is 0.119 e. The SMILES string of the molecule is CCc1cccc(OCC(O)CNC(CO)(CO)CO)c1. The second-order valence-corrected chi connectivity index (χ2v) is 5.10. The molecule has 0 fully saturated rings.